The van der Waals surface area contributed by atoms with Crippen molar-refractivity contribution in [2.24, 2.45) is 0 Å². The van der Waals surface area contributed by atoms with E-state index in [1.165, 1.54) is 12.1 Å². The van der Waals surface area contributed by atoms with Crippen LogP contribution < -0.4 is 4.74 Å². The zero-order chi connectivity index (χ0) is 10.8. The normalized spacial score (nSPS) is 10.3. The topological polar surface area (TPSA) is 26.3 Å². The Labute approximate surface area is 93.8 Å². The van der Waals surface area contributed by atoms with Crippen molar-refractivity contribution in [2.45, 2.75) is 0 Å². The predicted octanol–water partition coefficient (Wildman–Crippen LogP) is 3.28. The molecule has 2 rings (SSSR count). The summed E-state index contributed by atoms with van der Waals surface area (Å²) in [7, 11) is 0. The van der Waals surface area contributed by atoms with Crippen LogP contribution in [0.3, 0.4) is 0 Å². The summed E-state index contributed by atoms with van der Waals surface area (Å²) in [5.74, 6) is 0.128. The van der Waals surface area contributed by atoms with E-state index in [0.29, 0.717) is 16.7 Å². The van der Waals surface area contributed by atoms with Gasteiger partial charge in [-0.25, -0.2) is 4.39 Å². The van der Waals surface area contributed by atoms with E-state index in [4.69, 9.17) is 4.74 Å². The van der Waals surface area contributed by atoms with Crippen LogP contribution >= 0.6 is 15.9 Å². The van der Waals surface area contributed by atoms with Gasteiger partial charge in [-0.05, 0) is 35.0 Å². The average Bonchev–Trinajstić information content (AvgIpc) is 2.20. The van der Waals surface area contributed by atoms with Crippen LogP contribution in [0.15, 0.2) is 34.8 Å². The molecule has 2 aromatic carbocycles. The molecule has 4 heteroatoms. The summed E-state index contributed by atoms with van der Waals surface area (Å²) < 4.78 is 18.4. The molecule has 0 N–H and O–H groups in total. The summed E-state index contributed by atoms with van der Waals surface area (Å²) in [5, 5.41) is 1.55. The van der Waals surface area contributed by atoms with Crippen molar-refractivity contribution in [1.82, 2.24) is 0 Å². The maximum absolute atomic E-state index is 13.0. The number of benzene rings is 2. The van der Waals surface area contributed by atoms with Gasteiger partial charge in [0.1, 0.15) is 11.6 Å². The molecule has 0 atom stereocenters. The molecule has 76 valence electrons. The predicted molar refractivity (Wildman–Crippen MR) is 58.3 cm³/mol. The monoisotopic (exact) mass is 268 g/mol. The van der Waals surface area contributed by atoms with Crippen LogP contribution in [0.2, 0.25) is 0 Å². The van der Waals surface area contributed by atoms with Crippen molar-refractivity contribution in [3.05, 3.63) is 40.6 Å². The third-order valence-corrected chi connectivity index (χ3v) is 2.68. The number of rotatable bonds is 2. The van der Waals surface area contributed by atoms with Crippen LogP contribution in [0.4, 0.5) is 4.39 Å². The lowest BCUT2D eigenvalue weighted by Crippen LogP contribution is -1.89. The van der Waals surface area contributed by atoms with Gasteiger partial charge in [-0.3, -0.25) is 4.79 Å². The molecule has 2 nitrogen and oxygen atoms in total. The van der Waals surface area contributed by atoms with Crippen LogP contribution in [-0.4, -0.2) is 6.47 Å². The molecule has 0 aliphatic heterocycles. The minimum atomic E-state index is -0.299. The highest BCUT2D eigenvalue weighted by Crippen LogP contribution is 2.29. The van der Waals surface area contributed by atoms with Gasteiger partial charge in [0.05, 0.1) is 0 Å². The molecule has 0 saturated carbocycles. The van der Waals surface area contributed by atoms with Gasteiger partial charge in [-0.2, -0.15) is 0 Å². The van der Waals surface area contributed by atoms with Gasteiger partial charge in [0, 0.05) is 4.47 Å². The average molecular weight is 269 g/mol. The smallest absolute Gasteiger partial charge is 0.298 e. The Balaban J connectivity index is 2.67. The van der Waals surface area contributed by atoms with Gasteiger partial charge in [-0.1, -0.05) is 22.0 Å². The molecule has 0 unspecified atom stereocenters. The molecule has 15 heavy (non-hydrogen) atoms. The van der Waals surface area contributed by atoms with Crippen LogP contribution in [0.5, 0.6) is 5.75 Å². The third-order valence-electron chi connectivity index (χ3n) is 2.02. The van der Waals surface area contributed by atoms with E-state index >= 15 is 0 Å². The number of hydrogen-bond acceptors (Lipinski definition) is 2. The second kappa shape index (κ2) is 3.98. The van der Waals surface area contributed by atoms with Gasteiger partial charge >= 0.3 is 0 Å². The highest BCUT2D eigenvalue weighted by molar-refractivity contribution is 9.10. The first-order valence-electron chi connectivity index (χ1n) is 4.20. The zero-order valence-electron chi connectivity index (χ0n) is 7.54. The fourth-order valence-electron chi connectivity index (χ4n) is 1.38. The molecule has 0 saturated heterocycles. The Morgan fingerprint density at radius 1 is 1.27 bits per heavy atom. The highest BCUT2D eigenvalue weighted by atomic mass is 79.9. The lowest BCUT2D eigenvalue weighted by atomic mass is 10.1. The molecular weight excluding hydrogens is 263 g/mol. The Hall–Kier alpha value is -1.42. The Bertz CT molecular complexity index is 525. The molecular formula is C11H6BrFO2. The number of ether oxygens (including phenoxy) is 1. The summed E-state index contributed by atoms with van der Waals surface area (Å²) in [6, 6.07) is 7.71. The van der Waals surface area contributed by atoms with Crippen molar-refractivity contribution >= 4 is 33.2 Å². The molecule has 0 amide bonds. The Morgan fingerprint density at radius 2 is 2.07 bits per heavy atom. The highest BCUT2D eigenvalue weighted by Gasteiger charge is 2.04. The summed E-state index contributed by atoms with van der Waals surface area (Å²) in [6.07, 6.45) is 0. The lowest BCUT2D eigenvalue weighted by Gasteiger charge is -2.04. The largest absolute Gasteiger partial charge is 0.429 e. The molecule has 0 aromatic heterocycles. The van der Waals surface area contributed by atoms with Crippen LogP contribution in [0.1, 0.15) is 0 Å². The van der Waals surface area contributed by atoms with Crippen molar-refractivity contribution < 1.29 is 13.9 Å². The SMILES string of the molecule is O=COc1cc(Br)c2cc(F)ccc2c1. The summed E-state index contributed by atoms with van der Waals surface area (Å²) in [6.45, 7) is 0.358. The van der Waals surface area contributed by atoms with Crippen molar-refractivity contribution in [3.8, 4) is 5.75 Å². The standard InChI is InChI=1S/C11H6BrFO2/c12-11-5-9(15-6-14)3-7-1-2-8(13)4-10(7)11/h1-6H. The number of hydrogen-bond donors (Lipinski definition) is 0. The minimum absolute atomic E-state index is 0.299. The third kappa shape index (κ3) is 1.99. The first-order valence-corrected chi connectivity index (χ1v) is 4.99. The fraction of sp³-hybridized carbons (Fsp3) is 0. The van der Waals surface area contributed by atoms with E-state index in [1.807, 2.05) is 0 Å². The minimum Gasteiger partial charge on any atom is -0.429 e. The first kappa shape index (κ1) is 10.1. The molecule has 0 radical (unpaired) electrons. The lowest BCUT2D eigenvalue weighted by molar-refractivity contribution is -0.120. The number of carbonyl (C=O) groups is 1. The molecule has 2 aromatic rings. The van der Waals surface area contributed by atoms with Gasteiger partial charge < -0.3 is 4.74 Å². The molecule has 0 spiro atoms. The first-order chi connectivity index (χ1) is 7.20. The van der Waals surface area contributed by atoms with E-state index in [-0.39, 0.29) is 5.82 Å². The van der Waals surface area contributed by atoms with E-state index in [0.717, 1.165) is 10.8 Å². The Morgan fingerprint density at radius 3 is 2.80 bits per heavy atom. The maximum atomic E-state index is 13.0. The number of carbonyl (C=O) groups excluding carboxylic acids is 1. The number of halogens is 2. The molecule has 0 heterocycles. The van der Waals surface area contributed by atoms with Gasteiger partial charge in [0.2, 0.25) is 0 Å². The van der Waals surface area contributed by atoms with Crippen LogP contribution in [0, 0.1) is 5.82 Å². The second-order valence-electron chi connectivity index (χ2n) is 2.98. The number of fused-ring (bicyclic) bond motifs is 1. The summed E-state index contributed by atoms with van der Waals surface area (Å²) >= 11 is 3.29. The maximum Gasteiger partial charge on any atom is 0.298 e. The van der Waals surface area contributed by atoms with Gasteiger partial charge in [0.15, 0.2) is 0 Å². The van der Waals surface area contributed by atoms with Crippen LogP contribution in [0.25, 0.3) is 10.8 Å². The second-order valence-corrected chi connectivity index (χ2v) is 3.84. The van der Waals surface area contributed by atoms with Crippen molar-refractivity contribution in [3.63, 3.8) is 0 Å². The van der Waals surface area contributed by atoms with Gasteiger partial charge in [0.25, 0.3) is 6.47 Å². The van der Waals surface area contributed by atoms with Crippen molar-refractivity contribution in [1.29, 1.82) is 0 Å². The van der Waals surface area contributed by atoms with E-state index in [1.54, 1.807) is 18.2 Å². The van der Waals surface area contributed by atoms with E-state index < -0.39 is 0 Å². The molecule has 0 aliphatic rings. The van der Waals surface area contributed by atoms with E-state index in [9.17, 15) is 9.18 Å². The van der Waals surface area contributed by atoms with E-state index in [2.05, 4.69) is 15.9 Å². The quantitative estimate of drug-likeness (QED) is 0.782. The summed E-state index contributed by atoms with van der Waals surface area (Å²) in [4.78, 5) is 10.2. The van der Waals surface area contributed by atoms with Gasteiger partial charge in [-0.15, -0.1) is 0 Å². The fourth-order valence-corrected chi connectivity index (χ4v) is 1.95. The molecule has 0 aliphatic carbocycles. The van der Waals surface area contributed by atoms with Crippen LogP contribution in [-0.2, 0) is 4.79 Å². The van der Waals surface area contributed by atoms with Crippen molar-refractivity contribution in [2.75, 3.05) is 0 Å². The molecule has 0 fully saturated rings. The molecule has 0 bridgehead atoms. The Kier molecular flexibility index (Phi) is 2.68. The summed E-state index contributed by atoms with van der Waals surface area (Å²) in [5.41, 5.74) is 0. The zero-order valence-corrected chi connectivity index (χ0v) is 9.12.